The number of anilines is 2. The Morgan fingerprint density at radius 2 is 0.898 bits per heavy atom. The van der Waals surface area contributed by atoms with E-state index >= 15 is 17.6 Å². The third-order valence-corrected chi connectivity index (χ3v) is 20.4. The van der Waals surface area contributed by atoms with E-state index in [9.17, 15) is 10.2 Å². The molecule has 2 aliphatic carbocycles. The Morgan fingerprint density at radius 3 is 1.25 bits per heavy atom. The zero-order valence-corrected chi connectivity index (χ0v) is 35.9. The fourth-order valence-electron chi connectivity index (χ4n) is 8.77. The predicted molar refractivity (Wildman–Crippen MR) is 231 cm³/mol. The van der Waals surface area contributed by atoms with Gasteiger partial charge in [0.15, 0.2) is 0 Å². The normalized spacial score (nSPS) is 15.1. The number of aliphatic hydroxyl groups is 2. The van der Waals surface area contributed by atoms with E-state index in [1.54, 1.807) is 24.3 Å². The zero-order valence-electron chi connectivity index (χ0n) is 34.3. The summed E-state index contributed by atoms with van der Waals surface area (Å²) in [6.45, 7) is 5.26. The van der Waals surface area contributed by atoms with Crippen LogP contribution in [0.15, 0.2) is 134 Å². The summed E-state index contributed by atoms with van der Waals surface area (Å²) in [6, 6.07) is 24.5. The molecule has 4 aromatic rings. The first-order chi connectivity index (χ1) is 28.7. The summed E-state index contributed by atoms with van der Waals surface area (Å²) in [7, 11) is 0. The molecule has 2 atom stereocenters. The first-order valence-electron chi connectivity index (χ1n) is 21.3. The van der Waals surface area contributed by atoms with Crippen LogP contribution in [0.2, 0.25) is 8.45 Å². The van der Waals surface area contributed by atoms with Crippen molar-refractivity contribution in [1.29, 1.82) is 0 Å². The van der Waals surface area contributed by atoms with E-state index in [-0.39, 0.29) is 45.3 Å². The van der Waals surface area contributed by atoms with Gasteiger partial charge in [-0.2, -0.15) is 0 Å². The van der Waals surface area contributed by atoms with Gasteiger partial charge in [-0.3, -0.25) is 0 Å². The minimum atomic E-state index is -5.15. The van der Waals surface area contributed by atoms with Crippen LogP contribution in [0.3, 0.4) is 0 Å². The van der Waals surface area contributed by atoms with E-state index in [4.69, 9.17) is 0 Å². The molecule has 4 aromatic carbocycles. The number of unbranched alkanes of at least 4 members (excludes halogenated alkanes) is 2. The van der Waals surface area contributed by atoms with Crippen LogP contribution in [-0.2, 0) is 29.7 Å². The van der Waals surface area contributed by atoms with Gasteiger partial charge in [-0.15, -0.1) is 0 Å². The Labute approximate surface area is 351 Å². The molecule has 0 spiro atoms. The maximum absolute atomic E-state index is 18.1. The molecule has 0 radical (unpaired) electrons. The van der Waals surface area contributed by atoms with Crippen molar-refractivity contribution in [2.75, 3.05) is 22.9 Å². The summed E-state index contributed by atoms with van der Waals surface area (Å²) < 4.78 is 68.8. The summed E-state index contributed by atoms with van der Waals surface area (Å²) in [5, 5.41) is 21.8. The molecule has 0 amide bonds. The Hall–Kier alpha value is -4.21. The second-order valence-corrected chi connectivity index (χ2v) is 22.3. The number of allylic oxidation sites excluding steroid dienone is 8. The molecule has 2 aliphatic rings. The predicted octanol–water partition coefficient (Wildman–Crippen LogP) is 11.1. The summed E-state index contributed by atoms with van der Waals surface area (Å²) in [4.78, 5) is 3.65. The number of nitrogens with zero attached hydrogens (tertiary/aromatic N) is 2. The topological polar surface area (TPSA) is 46.9 Å². The van der Waals surface area contributed by atoms with Gasteiger partial charge in [0.25, 0.3) is 0 Å². The van der Waals surface area contributed by atoms with Crippen LogP contribution in [0, 0.1) is 23.3 Å². The van der Waals surface area contributed by atoms with Crippen LogP contribution in [0.25, 0.3) is 0 Å². The minimum absolute atomic E-state index is 0.128. The van der Waals surface area contributed by atoms with E-state index < -0.39 is 60.5 Å². The maximum atomic E-state index is 18.1. The Morgan fingerprint density at radius 1 is 0.525 bits per heavy atom. The van der Waals surface area contributed by atoms with Crippen molar-refractivity contribution < 1.29 is 44.4 Å². The fourth-order valence-corrected chi connectivity index (χ4v) is 17.6. The molecule has 0 saturated heterocycles. The molecule has 0 aliphatic heterocycles. The number of hydrogen-bond donors (Lipinski definition) is 2. The molecule has 312 valence electrons. The molecule has 2 N–H and O–H groups in total. The Balaban J connectivity index is 1.55. The molecule has 59 heavy (non-hydrogen) atoms. The SMILES string of the molecule is CCCCC(O)CCN(Cc1ccccc1)c1ccc(F)[c]([Ti]([c]2c(F)ccc(N(CCC(O)CCCC)Cc3ccccc3)c2F)([CH]2C=CC=C2)[CH]2C=CC=C2)c1F. The van der Waals surface area contributed by atoms with Crippen LogP contribution >= 0.6 is 0 Å². The first-order valence-corrected chi connectivity index (χ1v) is 24.7. The van der Waals surface area contributed by atoms with Gasteiger partial charge in [0.05, 0.1) is 0 Å². The number of hydrogen-bond acceptors (Lipinski definition) is 4. The first kappa shape index (κ1) is 44.3. The van der Waals surface area contributed by atoms with Gasteiger partial charge >= 0.3 is 353 Å². The number of aliphatic hydroxyl groups excluding tert-OH is 2. The van der Waals surface area contributed by atoms with E-state index in [1.807, 2.05) is 94.8 Å². The van der Waals surface area contributed by atoms with Gasteiger partial charge < -0.3 is 0 Å². The van der Waals surface area contributed by atoms with Crippen LogP contribution in [0.5, 0.6) is 0 Å². The molecule has 9 heteroatoms. The molecular weight excluding hydrogens is 784 g/mol. The van der Waals surface area contributed by atoms with Crippen molar-refractivity contribution in [3.05, 3.63) is 168 Å². The van der Waals surface area contributed by atoms with E-state index in [1.165, 1.54) is 24.3 Å². The van der Waals surface area contributed by atoms with Crippen LogP contribution in [-0.4, -0.2) is 35.5 Å². The molecule has 0 bridgehead atoms. The van der Waals surface area contributed by atoms with Gasteiger partial charge in [-0.1, -0.05) is 0 Å². The third kappa shape index (κ3) is 10.4. The average molecular weight is 843 g/mol. The summed E-state index contributed by atoms with van der Waals surface area (Å²) >= 11 is -5.15. The molecule has 0 aromatic heterocycles. The summed E-state index contributed by atoms with van der Waals surface area (Å²) in [6.07, 6.45) is 18.9. The van der Waals surface area contributed by atoms with Crippen molar-refractivity contribution >= 4 is 19.1 Å². The molecule has 0 fully saturated rings. The van der Waals surface area contributed by atoms with Crippen molar-refractivity contribution in [3.63, 3.8) is 0 Å². The zero-order chi connectivity index (χ0) is 41.8. The molecule has 0 saturated carbocycles. The van der Waals surface area contributed by atoms with Crippen molar-refractivity contribution in [2.24, 2.45) is 0 Å². The fraction of sp³-hybridized carbons (Fsp3) is 0.360. The molecule has 2 unspecified atom stereocenters. The number of halogens is 4. The van der Waals surface area contributed by atoms with E-state index in [0.29, 0.717) is 25.7 Å². The number of benzene rings is 4. The van der Waals surface area contributed by atoms with Crippen molar-refractivity contribution in [2.45, 2.75) is 99.0 Å². The Bertz CT molecular complexity index is 1920. The summed E-state index contributed by atoms with van der Waals surface area (Å²) in [5.74, 6) is -3.31. The number of rotatable bonds is 22. The summed E-state index contributed by atoms with van der Waals surface area (Å²) in [5.41, 5.74) is 2.06. The van der Waals surface area contributed by atoms with E-state index in [2.05, 4.69) is 13.8 Å². The molecular formula is C50H58F4N2O2Ti. The second-order valence-electron chi connectivity index (χ2n) is 16.0. The van der Waals surface area contributed by atoms with Gasteiger partial charge in [-0.05, 0) is 0 Å². The standard InChI is InChI=1S/2C20H24F2NO.2C5H5.Ti/c2*1-2-3-9-18(24)12-13-23(15-16-7-5-4-6-8-16)20-11-10-17(21)14-19(20)22;2*1-2-4-5-3-1;/h2*4-8,10-11,18,24H,2-3,9,12-13,15H2,1H3;2*1-5H;. The van der Waals surface area contributed by atoms with Gasteiger partial charge in [-0.25, -0.2) is 0 Å². The van der Waals surface area contributed by atoms with Crippen LogP contribution in [0.4, 0.5) is 28.9 Å². The van der Waals surface area contributed by atoms with Gasteiger partial charge in [0, 0.05) is 0 Å². The molecule has 0 heterocycles. The second kappa shape index (κ2) is 21.4. The molecule has 6 rings (SSSR count). The van der Waals surface area contributed by atoms with Crippen molar-refractivity contribution in [3.8, 4) is 0 Å². The van der Waals surface area contributed by atoms with Crippen LogP contribution in [0.1, 0.15) is 76.3 Å². The average Bonchev–Trinajstić information content (AvgIpc) is 4.00. The van der Waals surface area contributed by atoms with Gasteiger partial charge in [0.2, 0.25) is 0 Å². The van der Waals surface area contributed by atoms with E-state index in [0.717, 1.165) is 36.8 Å². The quantitative estimate of drug-likeness (QED) is 0.0611. The third-order valence-electron chi connectivity index (χ3n) is 11.9. The monoisotopic (exact) mass is 842 g/mol. The van der Waals surface area contributed by atoms with Crippen molar-refractivity contribution in [1.82, 2.24) is 0 Å². The van der Waals surface area contributed by atoms with Gasteiger partial charge in [0.1, 0.15) is 0 Å². The molecule has 4 nitrogen and oxygen atoms in total. The Kier molecular flexibility index (Phi) is 16.1. The van der Waals surface area contributed by atoms with Crippen LogP contribution < -0.4 is 17.5 Å².